The summed E-state index contributed by atoms with van der Waals surface area (Å²) < 4.78 is 29.9. The van der Waals surface area contributed by atoms with Crippen LogP contribution >= 0.6 is 0 Å². The van der Waals surface area contributed by atoms with Crippen molar-refractivity contribution in [2.45, 2.75) is 33.3 Å². The van der Waals surface area contributed by atoms with Gasteiger partial charge in [-0.2, -0.15) is 4.31 Å². The first-order chi connectivity index (χ1) is 10.2. The molecule has 0 bridgehead atoms. The smallest absolute Gasteiger partial charge is 0.239 e. The highest BCUT2D eigenvalue weighted by molar-refractivity contribution is 7.88. The van der Waals surface area contributed by atoms with Gasteiger partial charge in [0, 0.05) is 12.2 Å². The summed E-state index contributed by atoms with van der Waals surface area (Å²) >= 11 is 0. The minimum Gasteiger partial charge on any atom is -0.491 e. The Bertz CT molecular complexity index is 582. The summed E-state index contributed by atoms with van der Waals surface area (Å²) in [4.78, 5) is 12.0. The largest absolute Gasteiger partial charge is 0.491 e. The fourth-order valence-electron chi connectivity index (χ4n) is 1.86. The quantitative estimate of drug-likeness (QED) is 0.793. The molecule has 1 aromatic carbocycles. The standard InChI is InChI=1S/C15H24N2O4S/c1-5-10-17(22(4,19)20)11-15(18)16-13-6-8-14(9-7-13)21-12(2)3/h6-9,12H,5,10-11H2,1-4H3,(H,16,18). The number of ether oxygens (including phenoxy) is 1. The lowest BCUT2D eigenvalue weighted by atomic mass is 10.3. The highest BCUT2D eigenvalue weighted by Crippen LogP contribution is 2.17. The van der Waals surface area contributed by atoms with Crippen LogP contribution in [0.15, 0.2) is 24.3 Å². The monoisotopic (exact) mass is 328 g/mol. The third kappa shape index (κ3) is 6.44. The van der Waals surface area contributed by atoms with Crippen LogP contribution < -0.4 is 10.1 Å². The van der Waals surface area contributed by atoms with Crippen molar-refractivity contribution in [2.24, 2.45) is 0 Å². The maximum Gasteiger partial charge on any atom is 0.239 e. The molecule has 1 amide bonds. The van der Waals surface area contributed by atoms with Crippen LogP contribution in [0.25, 0.3) is 0 Å². The number of carbonyl (C=O) groups is 1. The fraction of sp³-hybridized carbons (Fsp3) is 0.533. The van der Waals surface area contributed by atoms with E-state index in [1.54, 1.807) is 24.3 Å². The second-order valence-electron chi connectivity index (χ2n) is 5.34. The van der Waals surface area contributed by atoms with Crippen molar-refractivity contribution in [1.29, 1.82) is 0 Å². The van der Waals surface area contributed by atoms with E-state index >= 15 is 0 Å². The number of hydrogen-bond donors (Lipinski definition) is 1. The molecule has 0 fully saturated rings. The Morgan fingerprint density at radius 1 is 1.27 bits per heavy atom. The van der Waals surface area contributed by atoms with Crippen LogP contribution in [0.4, 0.5) is 5.69 Å². The molecule has 0 aliphatic heterocycles. The summed E-state index contributed by atoms with van der Waals surface area (Å²) in [6.45, 7) is 5.88. The molecule has 0 saturated carbocycles. The van der Waals surface area contributed by atoms with E-state index in [-0.39, 0.29) is 18.6 Å². The van der Waals surface area contributed by atoms with Gasteiger partial charge in [-0.1, -0.05) is 6.92 Å². The van der Waals surface area contributed by atoms with E-state index in [2.05, 4.69) is 5.32 Å². The number of rotatable bonds is 8. The first-order valence-electron chi connectivity index (χ1n) is 7.24. The molecule has 0 spiro atoms. The Morgan fingerprint density at radius 2 is 1.86 bits per heavy atom. The first kappa shape index (κ1) is 18.4. The molecule has 0 unspecified atom stereocenters. The summed E-state index contributed by atoms with van der Waals surface area (Å²) in [6, 6.07) is 6.96. The van der Waals surface area contributed by atoms with E-state index in [1.807, 2.05) is 20.8 Å². The van der Waals surface area contributed by atoms with E-state index in [1.165, 1.54) is 4.31 Å². The van der Waals surface area contributed by atoms with Gasteiger partial charge < -0.3 is 10.1 Å². The summed E-state index contributed by atoms with van der Waals surface area (Å²) in [7, 11) is -3.38. The van der Waals surface area contributed by atoms with Crippen LogP contribution in [0, 0.1) is 0 Å². The number of amides is 1. The molecule has 0 aliphatic rings. The zero-order valence-electron chi connectivity index (χ0n) is 13.5. The molecule has 0 aliphatic carbocycles. The molecule has 0 radical (unpaired) electrons. The average molecular weight is 328 g/mol. The summed E-state index contributed by atoms with van der Waals surface area (Å²) in [5, 5.41) is 2.68. The van der Waals surface area contributed by atoms with Gasteiger partial charge in [-0.05, 0) is 44.5 Å². The molecular weight excluding hydrogens is 304 g/mol. The fourth-order valence-corrected chi connectivity index (χ4v) is 2.73. The Balaban J connectivity index is 2.64. The number of anilines is 1. The van der Waals surface area contributed by atoms with Gasteiger partial charge >= 0.3 is 0 Å². The number of nitrogens with one attached hydrogen (secondary N) is 1. The predicted molar refractivity (Wildman–Crippen MR) is 87.5 cm³/mol. The summed E-state index contributed by atoms with van der Waals surface area (Å²) in [6.07, 6.45) is 1.84. The highest BCUT2D eigenvalue weighted by atomic mass is 32.2. The maximum absolute atomic E-state index is 12.0. The van der Waals surface area contributed by atoms with Gasteiger partial charge in [-0.3, -0.25) is 4.79 Å². The van der Waals surface area contributed by atoms with Gasteiger partial charge in [-0.25, -0.2) is 8.42 Å². The summed E-state index contributed by atoms with van der Waals surface area (Å²) in [5.74, 6) is 0.355. The second kappa shape index (κ2) is 8.14. The molecule has 1 aromatic rings. The molecule has 0 heterocycles. The number of carbonyl (C=O) groups excluding carboxylic acids is 1. The third-order valence-corrected chi connectivity index (χ3v) is 4.02. The van der Waals surface area contributed by atoms with Crippen LogP contribution in [0.1, 0.15) is 27.2 Å². The van der Waals surface area contributed by atoms with E-state index in [9.17, 15) is 13.2 Å². The Morgan fingerprint density at radius 3 is 2.32 bits per heavy atom. The lowest BCUT2D eigenvalue weighted by molar-refractivity contribution is -0.116. The van der Waals surface area contributed by atoms with Gasteiger partial charge in [0.1, 0.15) is 5.75 Å². The predicted octanol–water partition coefficient (Wildman–Crippen LogP) is 2.08. The van der Waals surface area contributed by atoms with E-state index < -0.39 is 10.0 Å². The molecule has 0 saturated heterocycles. The van der Waals surface area contributed by atoms with Crippen molar-refractivity contribution in [3.8, 4) is 5.75 Å². The zero-order chi connectivity index (χ0) is 16.8. The highest BCUT2D eigenvalue weighted by Gasteiger charge is 2.19. The first-order valence-corrected chi connectivity index (χ1v) is 9.09. The number of hydrogen-bond acceptors (Lipinski definition) is 4. The van der Waals surface area contributed by atoms with Crippen molar-refractivity contribution in [3.63, 3.8) is 0 Å². The lowest BCUT2D eigenvalue weighted by Gasteiger charge is -2.18. The minimum absolute atomic E-state index is 0.0813. The van der Waals surface area contributed by atoms with Crippen LogP contribution in [0.2, 0.25) is 0 Å². The van der Waals surface area contributed by atoms with E-state index in [4.69, 9.17) is 4.74 Å². The SMILES string of the molecule is CCCN(CC(=O)Nc1ccc(OC(C)C)cc1)S(C)(=O)=O. The Hall–Kier alpha value is -1.60. The molecule has 6 nitrogen and oxygen atoms in total. The van der Waals surface area contributed by atoms with Crippen molar-refractivity contribution in [1.82, 2.24) is 4.31 Å². The molecule has 1 rings (SSSR count). The van der Waals surface area contributed by atoms with Gasteiger partial charge in [0.25, 0.3) is 0 Å². The summed E-state index contributed by atoms with van der Waals surface area (Å²) in [5.41, 5.74) is 0.603. The molecule has 7 heteroatoms. The van der Waals surface area contributed by atoms with Crippen molar-refractivity contribution >= 4 is 21.6 Å². The van der Waals surface area contributed by atoms with Gasteiger partial charge in [-0.15, -0.1) is 0 Å². The van der Waals surface area contributed by atoms with Crippen LogP contribution in [0.5, 0.6) is 5.75 Å². The number of sulfonamides is 1. The maximum atomic E-state index is 12.0. The van der Waals surface area contributed by atoms with E-state index in [0.717, 1.165) is 12.0 Å². The molecule has 22 heavy (non-hydrogen) atoms. The van der Waals surface area contributed by atoms with Crippen molar-refractivity contribution in [2.75, 3.05) is 24.7 Å². The number of nitrogens with zero attached hydrogens (tertiary/aromatic N) is 1. The van der Waals surface area contributed by atoms with Crippen molar-refractivity contribution < 1.29 is 17.9 Å². The zero-order valence-corrected chi connectivity index (χ0v) is 14.3. The Labute approximate surface area is 132 Å². The van der Waals surface area contributed by atoms with Crippen LogP contribution in [-0.2, 0) is 14.8 Å². The average Bonchev–Trinajstić information content (AvgIpc) is 2.39. The topological polar surface area (TPSA) is 75.7 Å². The van der Waals surface area contributed by atoms with Crippen LogP contribution in [-0.4, -0.2) is 44.1 Å². The second-order valence-corrected chi connectivity index (χ2v) is 7.32. The molecular formula is C15H24N2O4S. The molecule has 0 aromatic heterocycles. The number of benzene rings is 1. The Kier molecular flexibility index (Phi) is 6.83. The van der Waals surface area contributed by atoms with Crippen LogP contribution in [0.3, 0.4) is 0 Å². The normalized spacial score (nSPS) is 11.7. The van der Waals surface area contributed by atoms with Gasteiger partial charge in [0.2, 0.25) is 15.9 Å². The lowest BCUT2D eigenvalue weighted by Crippen LogP contribution is -2.37. The minimum atomic E-state index is -3.38. The molecule has 0 atom stereocenters. The molecule has 124 valence electrons. The van der Waals surface area contributed by atoms with Gasteiger partial charge in [0.15, 0.2) is 0 Å². The van der Waals surface area contributed by atoms with Crippen molar-refractivity contribution in [3.05, 3.63) is 24.3 Å². The van der Waals surface area contributed by atoms with Gasteiger partial charge in [0.05, 0.1) is 18.9 Å². The molecule has 1 N–H and O–H groups in total. The third-order valence-electron chi connectivity index (χ3n) is 2.77. The van der Waals surface area contributed by atoms with E-state index in [0.29, 0.717) is 18.7 Å².